The van der Waals surface area contributed by atoms with Crippen molar-refractivity contribution in [3.8, 4) is 0 Å². The van der Waals surface area contributed by atoms with Crippen molar-refractivity contribution in [3.05, 3.63) is 29.8 Å². The molecular formula is C16H21N3O3. The van der Waals surface area contributed by atoms with Crippen molar-refractivity contribution in [2.75, 3.05) is 37.9 Å². The topological polar surface area (TPSA) is 53.1 Å². The molecule has 6 heteroatoms. The molecule has 6 nitrogen and oxygen atoms in total. The van der Waals surface area contributed by atoms with Gasteiger partial charge in [0.15, 0.2) is 0 Å². The van der Waals surface area contributed by atoms with Crippen molar-refractivity contribution in [2.45, 2.75) is 19.9 Å². The van der Waals surface area contributed by atoms with Gasteiger partial charge < -0.3 is 4.74 Å². The molecular weight excluding hydrogens is 282 g/mol. The number of morpholine rings is 1. The fourth-order valence-corrected chi connectivity index (χ4v) is 2.84. The number of hydrogen-bond donors (Lipinski definition) is 0. The highest BCUT2D eigenvalue weighted by Gasteiger charge is 2.43. The van der Waals surface area contributed by atoms with Crippen LogP contribution in [0, 0.1) is 6.92 Å². The van der Waals surface area contributed by atoms with E-state index in [4.69, 9.17) is 4.74 Å². The van der Waals surface area contributed by atoms with Gasteiger partial charge in [0, 0.05) is 18.8 Å². The van der Waals surface area contributed by atoms with Gasteiger partial charge in [-0.2, -0.15) is 0 Å². The zero-order valence-corrected chi connectivity index (χ0v) is 13.0. The van der Waals surface area contributed by atoms with Crippen molar-refractivity contribution in [3.63, 3.8) is 0 Å². The molecule has 0 saturated carbocycles. The van der Waals surface area contributed by atoms with Gasteiger partial charge in [0.25, 0.3) is 5.91 Å². The maximum atomic E-state index is 12.7. The second kappa shape index (κ2) is 6.06. The molecule has 118 valence electrons. The van der Waals surface area contributed by atoms with Crippen molar-refractivity contribution >= 4 is 17.6 Å². The molecule has 2 saturated heterocycles. The molecule has 0 aromatic heterocycles. The minimum atomic E-state index is -0.462. The Balaban J connectivity index is 1.77. The SMILES string of the molecule is Cc1ccc(N2C(=O)N(CN3CCOCC3)C(=O)[C@H]2C)cc1. The van der Waals surface area contributed by atoms with E-state index in [1.54, 1.807) is 11.8 Å². The third-order valence-electron chi connectivity index (χ3n) is 4.20. The van der Waals surface area contributed by atoms with Crippen LogP contribution in [0.1, 0.15) is 12.5 Å². The number of anilines is 1. The van der Waals surface area contributed by atoms with Gasteiger partial charge >= 0.3 is 6.03 Å². The Bertz CT molecular complexity index is 567. The minimum absolute atomic E-state index is 0.142. The Morgan fingerprint density at radius 2 is 1.77 bits per heavy atom. The third kappa shape index (κ3) is 2.71. The molecule has 0 radical (unpaired) electrons. The molecule has 3 amide bonds. The lowest BCUT2D eigenvalue weighted by atomic mass is 10.2. The van der Waals surface area contributed by atoms with Crippen LogP contribution in [0.25, 0.3) is 0 Å². The van der Waals surface area contributed by atoms with E-state index in [1.807, 2.05) is 31.2 Å². The summed E-state index contributed by atoms with van der Waals surface area (Å²) >= 11 is 0. The monoisotopic (exact) mass is 303 g/mol. The Morgan fingerprint density at radius 1 is 1.14 bits per heavy atom. The maximum Gasteiger partial charge on any atom is 0.333 e. The molecule has 0 N–H and O–H groups in total. The summed E-state index contributed by atoms with van der Waals surface area (Å²) in [7, 11) is 0. The van der Waals surface area contributed by atoms with Crippen LogP contribution in [0.4, 0.5) is 10.5 Å². The van der Waals surface area contributed by atoms with E-state index < -0.39 is 6.04 Å². The van der Waals surface area contributed by atoms with Gasteiger partial charge in [-0.25, -0.2) is 9.69 Å². The average Bonchev–Trinajstić information content (AvgIpc) is 2.73. The van der Waals surface area contributed by atoms with Crippen LogP contribution in [0.5, 0.6) is 0 Å². The number of ether oxygens (including phenoxy) is 1. The minimum Gasteiger partial charge on any atom is -0.379 e. The van der Waals surface area contributed by atoms with Crippen LogP contribution in [-0.2, 0) is 9.53 Å². The van der Waals surface area contributed by atoms with Crippen LogP contribution < -0.4 is 4.90 Å². The van der Waals surface area contributed by atoms with E-state index in [-0.39, 0.29) is 11.9 Å². The zero-order chi connectivity index (χ0) is 15.7. The maximum absolute atomic E-state index is 12.7. The molecule has 1 aromatic rings. The molecule has 2 aliphatic heterocycles. The lowest BCUT2D eigenvalue weighted by molar-refractivity contribution is -0.129. The summed E-state index contributed by atoms with van der Waals surface area (Å²) in [6.45, 7) is 6.90. The van der Waals surface area contributed by atoms with Gasteiger partial charge in [-0.3, -0.25) is 14.6 Å². The molecule has 22 heavy (non-hydrogen) atoms. The first kappa shape index (κ1) is 15.0. The number of imide groups is 1. The molecule has 2 heterocycles. The number of urea groups is 1. The van der Waals surface area contributed by atoms with Crippen LogP contribution in [-0.4, -0.2) is 60.8 Å². The smallest absolute Gasteiger partial charge is 0.333 e. The fraction of sp³-hybridized carbons (Fsp3) is 0.500. The van der Waals surface area contributed by atoms with E-state index >= 15 is 0 Å². The highest BCUT2D eigenvalue weighted by atomic mass is 16.5. The van der Waals surface area contributed by atoms with Crippen molar-refractivity contribution in [1.29, 1.82) is 0 Å². The van der Waals surface area contributed by atoms with Crippen LogP contribution in [0.3, 0.4) is 0 Å². The number of nitrogens with zero attached hydrogens (tertiary/aromatic N) is 3. The summed E-state index contributed by atoms with van der Waals surface area (Å²) in [5, 5.41) is 0. The van der Waals surface area contributed by atoms with Gasteiger partial charge in [-0.15, -0.1) is 0 Å². The highest BCUT2D eigenvalue weighted by Crippen LogP contribution is 2.26. The average molecular weight is 303 g/mol. The normalized spacial score (nSPS) is 23.5. The van der Waals surface area contributed by atoms with Gasteiger partial charge in [-0.1, -0.05) is 17.7 Å². The number of hydrogen-bond acceptors (Lipinski definition) is 4. The largest absolute Gasteiger partial charge is 0.379 e. The molecule has 2 fully saturated rings. The summed E-state index contributed by atoms with van der Waals surface area (Å²) < 4.78 is 5.30. The molecule has 1 aromatic carbocycles. The Hall–Kier alpha value is -1.92. The molecule has 2 aliphatic rings. The van der Waals surface area contributed by atoms with Crippen molar-refractivity contribution < 1.29 is 14.3 Å². The molecule has 3 rings (SSSR count). The number of rotatable bonds is 3. The van der Waals surface area contributed by atoms with Crippen LogP contribution in [0.2, 0.25) is 0 Å². The Labute approximate surface area is 130 Å². The first-order valence-electron chi connectivity index (χ1n) is 7.59. The molecule has 0 unspecified atom stereocenters. The second-order valence-electron chi connectivity index (χ2n) is 5.80. The van der Waals surface area contributed by atoms with Gasteiger partial charge in [0.2, 0.25) is 0 Å². The zero-order valence-electron chi connectivity index (χ0n) is 13.0. The summed E-state index contributed by atoms with van der Waals surface area (Å²) in [4.78, 5) is 30.1. The number of carbonyl (C=O) groups excluding carboxylic acids is 2. The van der Waals surface area contributed by atoms with E-state index in [0.29, 0.717) is 19.9 Å². The number of amides is 3. The first-order valence-corrected chi connectivity index (χ1v) is 7.59. The number of aryl methyl sites for hydroxylation is 1. The standard InChI is InChI=1S/C16H21N3O3/c1-12-3-5-14(6-4-12)19-13(2)15(20)18(16(19)21)11-17-7-9-22-10-8-17/h3-6,13H,7-11H2,1-2H3/t13-/m1/s1. The summed E-state index contributed by atoms with van der Waals surface area (Å²) in [5.74, 6) is -0.142. The molecule has 0 aliphatic carbocycles. The van der Waals surface area contributed by atoms with Gasteiger partial charge in [0.05, 0.1) is 19.9 Å². The number of carbonyl (C=O) groups is 2. The molecule has 0 bridgehead atoms. The predicted octanol–water partition coefficient (Wildman–Crippen LogP) is 1.44. The second-order valence-corrected chi connectivity index (χ2v) is 5.80. The van der Waals surface area contributed by atoms with Crippen molar-refractivity contribution in [1.82, 2.24) is 9.80 Å². The molecule has 0 spiro atoms. The van der Waals surface area contributed by atoms with Crippen molar-refractivity contribution in [2.24, 2.45) is 0 Å². The summed E-state index contributed by atoms with van der Waals surface area (Å²) in [6.07, 6.45) is 0. The molecule has 1 atom stereocenters. The van der Waals surface area contributed by atoms with Crippen LogP contribution in [0.15, 0.2) is 24.3 Å². The van der Waals surface area contributed by atoms with Gasteiger partial charge in [0.1, 0.15) is 6.04 Å². The summed E-state index contributed by atoms with van der Waals surface area (Å²) in [5.41, 5.74) is 1.89. The lowest BCUT2D eigenvalue weighted by Gasteiger charge is -2.29. The summed E-state index contributed by atoms with van der Waals surface area (Å²) in [6, 6.07) is 6.96. The Morgan fingerprint density at radius 3 is 2.41 bits per heavy atom. The van der Waals surface area contributed by atoms with Crippen LogP contribution >= 0.6 is 0 Å². The van der Waals surface area contributed by atoms with E-state index in [2.05, 4.69) is 4.90 Å². The number of benzene rings is 1. The fourth-order valence-electron chi connectivity index (χ4n) is 2.84. The lowest BCUT2D eigenvalue weighted by Crippen LogP contribution is -2.46. The van der Waals surface area contributed by atoms with E-state index in [0.717, 1.165) is 24.3 Å². The van der Waals surface area contributed by atoms with E-state index in [1.165, 1.54) is 4.90 Å². The van der Waals surface area contributed by atoms with Gasteiger partial charge in [-0.05, 0) is 26.0 Å². The third-order valence-corrected chi connectivity index (χ3v) is 4.20. The first-order chi connectivity index (χ1) is 10.6. The predicted molar refractivity (Wildman–Crippen MR) is 82.6 cm³/mol. The Kier molecular flexibility index (Phi) is 4.13. The quantitative estimate of drug-likeness (QED) is 0.793. The highest BCUT2D eigenvalue weighted by molar-refractivity contribution is 6.14. The van der Waals surface area contributed by atoms with E-state index in [9.17, 15) is 9.59 Å².